The Hall–Kier alpha value is -3.86. The van der Waals surface area contributed by atoms with Crippen LogP contribution in [0.3, 0.4) is 0 Å². The predicted molar refractivity (Wildman–Crippen MR) is 177 cm³/mol. The third-order valence-electron chi connectivity index (χ3n) is 5.39. The van der Waals surface area contributed by atoms with Crippen LogP contribution in [0.2, 0.25) is 0 Å². The third-order valence-corrected chi connectivity index (χ3v) is 11.1. The number of allylic oxidation sites excluding steroid dienone is 4. The first kappa shape index (κ1) is 36.2. The van der Waals surface area contributed by atoms with Crippen LogP contribution in [-0.2, 0) is 67.3 Å². The molecule has 0 aliphatic rings. The van der Waals surface area contributed by atoms with E-state index in [-0.39, 0.29) is 36.4 Å². The van der Waals surface area contributed by atoms with Gasteiger partial charge in [-0.3, -0.25) is 0 Å². The van der Waals surface area contributed by atoms with Gasteiger partial charge in [-0.15, -0.1) is 19.6 Å². The van der Waals surface area contributed by atoms with Crippen molar-refractivity contribution in [3.05, 3.63) is 141 Å². The molecule has 0 aliphatic carbocycles. The predicted octanol–water partition coefficient (Wildman–Crippen LogP) is 4.98. The van der Waals surface area contributed by atoms with E-state index >= 15 is 0 Å². The first-order chi connectivity index (χ1) is 19.9. The Kier molecular flexibility index (Phi) is 16.6. The van der Waals surface area contributed by atoms with Crippen LogP contribution in [0.1, 0.15) is 0 Å². The second-order valence-corrected chi connectivity index (χ2v) is 12.8. The minimum absolute atomic E-state index is 0. The number of rotatable bonds is 4. The van der Waals surface area contributed by atoms with Gasteiger partial charge in [0, 0.05) is 16.8 Å². The second kappa shape index (κ2) is 19.3. The zero-order valence-electron chi connectivity index (χ0n) is 21.7. The Morgan fingerprint density at radius 2 is 0.548 bits per heavy atom. The summed E-state index contributed by atoms with van der Waals surface area (Å²) in [5, 5.41) is 37.6. The minimum atomic E-state index is -1.91. The Morgan fingerprint density at radius 3 is 0.690 bits per heavy atom. The van der Waals surface area contributed by atoms with Crippen molar-refractivity contribution in [3.63, 3.8) is 0 Å². The second-order valence-electron chi connectivity index (χ2n) is 7.78. The summed E-state index contributed by atoms with van der Waals surface area (Å²) in [6, 6.07) is 50.2. The summed E-state index contributed by atoms with van der Waals surface area (Å²) in [5.74, 6) is 0. The molecule has 0 atom stereocenters. The molecule has 0 aliphatic heterocycles. The van der Waals surface area contributed by atoms with Crippen molar-refractivity contribution in [2.24, 2.45) is 0 Å². The van der Waals surface area contributed by atoms with Crippen LogP contribution in [0.25, 0.3) is 0 Å². The number of hydrogen-bond acceptors (Lipinski definition) is 8. The fourth-order valence-electron chi connectivity index (χ4n) is 3.70. The Labute approximate surface area is 280 Å². The van der Waals surface area contributed by atoms with E-state index in [0.29, 0.717) is 0 Å². The summed E-state index contributed by atoms with van der Waals surface area (Å²) in [5.41, 5.74) is 0. The maximum absolute atomic E-state index is 8.01. The summed E-state index contributed by atoms with van der Waals surface area (Å²) < 4.78 is 0. The molecule has 42 heavy (non-hydrogen) atoms. The van der Waals surface area contributed by atoms with Crippen LogP contribution >= 0.6 is 7.26 Å². The largest absolute Gasteiger partial charge is 0.770 e. The van der Waals surface area contributed by atoms with Gasteiger partial charge in [-0.25, -0.2) is 0 Å². The van der Waals surface area contributed by atoms with E-state index in [1.807, 2.05) is 0 Å². The van der Waals surface area contributed by atoms with Gasteiger partial charge in [-0.2, -0.15) is 21.0 Å². The molecule has 4 nitrogen and oxygen atoms in total. The van der Waals surface area contributed by atoms with Crippen molar-refractivity contribution in [2.45, 2.75) is 0 Å². The number of nitrogens with zero attached hydrogens (tertiary/aromatic N) is 4. The normalized spacial score (nSPS) is 10.8. The van der Waals surface area contributed by atoms with Gasteiger partial charge in [0.1, 0.15) is 28.5 Å². The van der Waals surface area contributed by atoms with E-state index in [1.165, 1.54) is 21.2 Å². The number of nitriles is 4. The topological polar surface area (TPSA) is 95.2 Å². The Balaban J connectivity index is 0.000000432. The van der Waals surface area contributed by atoms with Gasteiger partial charge in [-0.1, -0.05) is 72.8 Å². The van der Waals surface area contributed by atoms with Gasteiger partial charge < -0.3 is 50.5 Å². The molecule has 1 radical (unpaired) electrons. The van der Waals surface area contributed by atoms with Crippen molar-refractivity contribution >= 4 is 79.0 Å². The fourth-order valence-corrected chi connectivity index (χ4v) is 8.15. The molecule has 4 rings (SSSR count). The van der Waals surface area contributed by atoms with Crippen LogP contribution in [0.4, 0.5) is 0 Å². The average Bonchev–Trinajstić information content (AvgIpc) is 3.06. The standard InChI is InChI=1S/C24H20P.2C4H2N2S2.Co/c1-5-13-21(14-6-1)25(22-15-7-2-8-16-22,23-17-9-3-10-18-23)24-19-11-4-12-20-24;2*5-1-3(7)4(8)2-6;/h1-20H;2*7-8H;/q+1;;;/p-4. The molecule has 0 unspecified atom stereocenters. The van der Waals surface area contributed by atoms with E-state index in [2.05, 4.69) is 172 Å². The van der Waals surface area contributed by atoms with Gasteiger partial charge in [-0.05, 0) is 48.5 Å². The van der Waals surface area contributed by atoms with Gasteiger partial charge in [0.25, 0.3) is 0 Å². The van der Waals surface area contributed by atoms with Crippen molar-refractivity contribution < 1.29 is 16.8 Å². The summed E-state index contributed by atoms with van der Waals surface area (Å²) in [4.78, 5) is -0.435. The van der Waals surface area contributed by atoms with Crippen molar-refractivity contribution in [2.75, 3.05) is 0 Å². The van der Waals surface area contributed by atoms with Crippen molar-refractivity contribution in [1.29, 1.82) is 21.0 Å². The van der Waals surface area contributed by atoms with Crippen LogP contribution in [0.15, 0.2) is 141 Å². The molecule has 0 spiro atoms. The molecular formula is C32H20CoN4PS4-3. The molecule has 0 amide bonds. The number of hydrogen-bond donors (Lipinski definition) is 0. The molecule has 0 aromatic heterocycles. The van der Waals surface area contributed by atoms with E-state index in [0.717, 1.165) is 0 Å². The van der Waals surface area contributed by atoms with Gasteiger partial charge >= 0.3 is 0 Å². The number of benzene rings is 4. The van der Waals surface area contributed by atoms with Crippen LogP contribution in [0, 0.1) is 45.3 Å². The molecular weight excluding hydrogens is 659 g/mol. The molecule has 4 aromatic rings. The maximum atomic E-state index is 8.01. The monoisotopic (exact) mass is 678 g/mol. The smallest absolute Gasteiger partial charge is 0.144 e. The minimum Gasteiger partial charge on any atom is -0.770 e. The van der Waals surface area contributed by atoms with Crippen LogP contribution < -0.4 is 21.2 Å². The van der Waals surface area contributed by atoms with Gasteiger partial charge in [0.05, 0.1) is 24.3 Å². The molecule has 0 N–H and O–H groups in total. The Bertz CT molecular complexity index is 1400. The molecule has 0 bridgehead atoms. The molecule has 0 saturated carbocycles. The van der Waals surface area contributed by atoms with Crippen molar-refractivity contribution in [1.82, 2.24) is 0 Å². The van der Waals surface area contributed by atoms with Crippen LogP contribution in [-0.4, -0.2) is 0 Å². The van der Waals surface area contributed by atoms with Gasteiger partial charge in [0.15, 0.2) is 0 Å². The first-order valence-electron chi connectivity index (χ1n) is 11.7. The zero-order valence-corrected chi connectivity index (χ0v) is 27.0. The molecule has 4 aromatic carbocycles. The summed E-state index contributed by atoms with van der Waals surface area (Å²) in [7, 11) is -1.91. The molecule has 209 valence electrons. The SMILES string of the molecule is N#CC([S-])=C([S-])C#N.N#CC([S-])=C([S-])C#N.[Co].c1ccc([P+](c2ccccc2)(c2ccccc2)c2ccccc2)cc1. The summed E-state index contributed by atoms with van der Waals surface area (Å²) in [6.45, 7) is 0. The summed E-state index contributed by atoms with van der Waals surface area (Å²) >= 11 is 17.4. The third kappa shape index (κ3) is 9.61. The van der Waals surface area contributed by atoms with Crippen LogP contribution in [0.5, 0.6) is 0 Å². The average molecular weight is 679 g/mol. The molecule has 0 saturated heterocycles. The van der Waals surface area contributed by atoms with E-state index in [9.17, 15) is 0 Å². The molecule has 0 fully saturated rings. The van der Waals surface area contributed by atoms with E-state index < -0.39 is 7.26 Å². The summed E-state index contributed by atoms with van der Waals surface area (Å²) in [6.07, 6.45) is 0. The first-order valence-corrected chi connectivity index (χ1v) is 15.2. The molecule has 10 heteroatoms. The van der Waals surface area contributed by atoms with Gasteiger partial charge in [0.2, 0.25) is 0 Å². The van der Waals surface area contributed by atoms with E-state index in [4.69, 9.17) is 21.0 Å². The zero-order chi connectivity index (χ0) is 30.1. The fraction of sp³-hybridized carbons (Fsp3) is 0. The quantitative estimate of drug-likeness (QED) is 0.170. The maximum Gasteiger partial charge on any atom is 0.144 e. The van der Waals surface area contributed by atoms with Crippen molar-refractivity contribution in [3.8, 4) is 24.3 Å². The molecule has 0 heterocycles. The Morgan fingerprint density at radius 1 is 0.381 bits per heavy atom. The van der Waals surface area contributed by atoms with E-state index in [1.54, 1.807) is 24.3 Å².